The van der Waals surface area contributed by atoms with Crippen LogP contribution >= 0.6 is 0 Å². The highest BCUT2D eigenvalue weighted by Crippen LogP contribution is 2.35. The Hall–Kier alpha value is -1.31. The third-order valence-corrected chi connectivity index (χ3v) is 2.06. The summed E-state index contributed by atoms with van der Waals surface area (Å²) in [5, 5.41) is 10.9. The second-order valence-electron chi connectivity index (χ2n) is 4.83. The smallest absolute Gasteiger partial charge is 0.407 e. The van der Waals surface area contributed by atoms with E-state index in [1.54, 1.807) is 26.8 Å². The van der Waals surface area contributed by atoms with Crippen molar-refractivity contribution in [2.24, 2.45) is 0 Å². The van der Waals surface area contributed by atoms with Crippen molar-refractivity contribution in [2.75, 3.05) is 0 Å². The summed E-state index contributed by atoms with van der Waals surface area (Å²) in [4.78, 5) is 11.2. The molecule has 0 aromatic rings. The number of alkyl carbamates (subject to hydrolysis) is 1. The van der Waals surface area contributed by atoms with E-state index in [9.17, 15) is 9.18 Å². The molecule has 1 aliphatic carbocycles. The number of halogens is 1. The van der Waals surface area contributed by atoms with Crippen molar-refractivity contribution in [2.45, 2.75) is 50.9 Å². The van der Waals surface area contributed by atoms with Gasteiger partial charge in [0.2, 0.25) is 0 Å². The molecule has 84 valence electrons. The van der Waals surface area contributed by atoms with Gasteiger partial charge in [-0.2, -0.15) is 5.26 Å². The van der Waals surface area contributed by atoms with Gasteiger partial charge in [0.05, 0.1) is 0 Å². The Labute approximate surface area is 88.4 Å². The Morgan fingerprint density at radius 2 is 2.13 bits per heavy atom. The van der Waals surface area contributed by atoms with Crippen molar-refractivity contribution in [1.82, 2.24) is 5.32 Å². The maximum absolute atomic E-state index is 13.1. The van der Waals surface area contributed by atoms with E-state index < -0.39 is 17.4 Å². The maximum Gasteiger partial charge on any atom is 0.407 e. The molecule has 0 saturated heterocycles. The van der Waals surface area contributed by atoms with Crippen LogP contribution in [0.1, 0.15) is 33.6 Å². The molecule has 0 radical (unpaired) electrons. The van der Waals surface area contributed by atoms with Crippen molar-refractivity contribution in [3.8, 4) is 6.07 Å². The number of carbonyl (C=O) groups is 1. The van der Waals surface area contributed by atoms with Crippen molar-refractivity contribution in [3.05, 3.63) is 0 Å². The van der Waals surface area contributed by atoms with E-state index in [2.05, 4.69) is 5.32 Å². The Kier molecular flexibility index (Phi) is 2.89. The molecule has 4 nitrogen and oxygen atoms in total. The summed E-state index contributed by atoms with van der Waals surface area (Å²) < 4.78 is 18.1. The highest BCUT2D eigenvalue weighted by molar-refractivity contribution is 5.68. The molecule has 0 aromatic heterocycles. The van der Waals surface area contributed by atoms with Crippen molar-refractivity contribution < 1.29 is 13.9 Å². The standard InChI is InChI=1S/C10H15FN2O2/c1-9(2,3)15-8(14)13-7-4-10(11,5-7)6-12/h7H,4-5H2,1-3H3,(H,13,14). The number of nitriles is 1. The Balaban J connectivity index is 2.29. The van der Waals surface area contributed by atoms with Crippen LogP contribution in [0, 0.1) is 11.3 Å². The highest BCUT2D eigenvalue weighted by atomic mass is 19.1. The van der Waals surface area contributed by atoms with Gasteiger partial charge in [-0.3, -0.25) is 0 Å². The molecule has 1 saturated carbocycles. The lowest BCUT2D eigenvalue weighted by Crippen LogP contribution is -2.52. The van der Waals surface area contributed by atoms with Gasteiger partial charge in [0.25, 0.3) is 0 Å². The average Bonchev–Trinajstić information content (AvgIpc) is 1.97. The summed E-state index contributed by atoms with van der Waals surface area (Å²) in [6.45, 7) is 5.26. The Morgan fingerprint density at radius 3 is 2.53 bits per heavy atom. The molecule has 0 spiro atoms. The van der Waals surface area contributed by atoms with Crippen LogP contribution in [0.3, 0.4) is 0 Å². The maximum atomic E-state index is 13.1. The van der Waals surface area contributed by atoms with E-state index in [0.717, 1.165) is 0 Å². The van der Waals surface area contributed by atoms with Gasteiger partial charge < -0.3 is 10.1 Å². The summed E-state index contributed by atoms with van der Waals surface area (Å²) in [6.07, 6.45) is -0.474. The fraction of sp³-hybridized carbons (Fsp3) is 0.800. The first-order chi connectivity index (χ1) is 6.74. The number of amides is 1. The van der Waals surface area contributed by atoms with Gasteiger partial charge in [0.15, 0.2) is 5.67 Å². The van der Waals surface area contributed by atoms with Gasteiger partial charge in [-0.25, -0.2) is 9.18 Å². The van der Waals surface area contributed by atoms with Gasteiger partial charge in [-0.15, -0.1) is 0 Å². The molecule has 0 aromatic carbocycles. The molecule has 1 N–H and O–H groups in total. The number of hydrogen-bond donors (Lipinski definition) is 1. The molecule has 0 atom stereocenters. The molecule has 1 rings (SSSR count). The van der Waals surface area contributed by atoms with Crippen molar-refractivity contribution in [3.63, 3.8) is 0 Å². The van der Waals surface area contributed by atoms with E-state index in [0.29, 0.717) is 0 Å². The minimum Gasteiger partial charge on any atom is -0.444 e. The minimum absolute atomic E-state index is 0.0444. The molecular formula is C10H15FN2O2. The SMILES string of the molecule is CC(C)(C)OC(=O)NC1CC(F)(C#N)C1. The van der Waals surface area contributed by atoms with Crippen LogP contribution in [0.2, 0.25) is 0 Å². The van der Waals surface area contributed by atoms with E-state index in [-0.39, 0.29) is 18.9 Å². The molecule has 0 bridgehead atoms. The summed E-state index contributed by atoms with van der Waals surface area (Å²) in [7, 11) is 0. The van der Waals surface area contributed by atoms with E-state index in [4.69, 9.17) is 10.00 Å². The molecule has 1 fully saturated rings. The van der Waals surface area contributed by atoms with Crippen LogP contribution in [0.5, 0.6) is 0 Å². The number of carbonyl (C=O) groups excluding carboxylic acids is 1. The van der Waals surface area contributed by atoms with Crippen LogP contribution in [0.4, 0.5) is 9.18 Å². The predicted molar refractivity (Wildman–Crippen MR) is 51.8 cm³/mol. The molecular weight excluding hydrogens is 199 g/mol. The van der Waals surface area contributed by atoms with E-state index >= 15 is 0 Å². The monoisotopic (exact) mass is 214 g/mol. The molecule has 0 unspecified atom stereocenters. The number of nitrogens with zero attached hydrogens (tertiary/aromatic N) is 1. The van der Waals surface area contributed by atoms with Gasteiger partial charge in [-0.05, 0) is 20.8 Å². The normalized spacial score (nSPS) is 29.9. The number of alkyl halides is 1. The number of nitrogens with one attached hydrogen (secondary N) is 1. The van der Waals surface area contributed by atoms with Gasteiger partial charge in [0, 0.05) is 18.9 Å². The lowest BCUT2D eigenvalue weighted by molar-refractivity contribution is 0.0346. The molecule has 0 heterocycles. The van der Waals surface area contributed by atoms with Crippen molar-refractivity contribution in [1.29, 1.82) is 5.26 Å². The third kappa shape index (κ3) is 3.39. The zero-order valence-corrected chi connectivity index (χ0v) is 9.13. The lowest BCUT2D eigenvalue weighted by Gasteiger charge is -2.36. The first-order valence-electron chi connectivity index (χ1n) is 4.84. The molecule has 0 aliphatic heterocycles. The van der Waals surface area contributed by atoms with Crippen LogP contribution in [-0.2, 0) is 4.74 Å². The summed E-state index contributed by atoms with van der Waals surface area (Å²) in [5.74, 6) is 0. The number of rotatable bonds is 1. The second-order valence-corrected chi connectivity index (χ2v) is 4.83. The first kappa shape index (κ1) is 11.8. The Bertz CT molecular complexity index is 298. The largest absolute Gasteiger partial charge is 0.444 e. The summed E-state index contributed by atoms with van der Waals surface area (Å²) in [5.41, 5.74) is -2.32. The second kappa shape index (κ2) is 3.69. The summed E-state index contributed by atoms with van der Waals surface area (Å²) >= 11 is 0. The zero-order valence-electron chi connectivity index (χ0n) is 9.13. The highest BCUT2D eigenvalue weighted by Gasteiger charge is 2.46. The molecule has 1 aliphatic rings. The molecule has 15 heavy (non-hydrogen) atoms. The lowest BCUT2D eigenvalue weighted by atomic mass is 9.78. The van der Waals surface area contributed by atoms with Crippen molar-refractivity contribution >= 4 is 6.09 Å². The van der Waals surface area contributed by atoms with Gasteiger partial charge >= 0.3 is 6.09 Å². The average molecular weight is 214 g/mol. The Morgan fingerprint density at radius 1 is 1.60 bits per heavy atom. The minimum atomic E-state index is -1.76. The first-order valence-corrected chi connectivity index (χ1v) is 4.84. The molecule has 1 amide bonds. The quantitative estimate of drug-likeness (QED) is 0.725. The van der Waals surface area contributed by atoms with Crippen LogP contribution in [0.15, 0.2) is 0 Å². The number of ether oxygens (including phenoxy) is 1. The van der Waals surface area contributed by atoms with Gasteiger partial charge in [-0.1, -0.05) is 0 Å². The third-order valence-electron chi connectivity index (χ3n) is 2.06. The number of hydrogen-bond acceptors (Lipinski definition) is 3. The predicted octanol–water partition coefficient (Wildman–Crippen LogP) is 1.91. The zero-order chi connectivity index (χ0) is 11.7. The van der Waals surface area contributed by atoms with Crippen LogP contribution in [0.25, 0.3) is 0 Å². The van der Waals surface area contributed by atoms with Crippen LogP contribution in [-0.4, -0.2) is 23.4 Å². The van der Waals surface area contributed by atoms with Crippen LogP contribution < -0.4 is 5.32 Å². The fourth-order valence-corrected chi connectivity index (χ4v) is 1.39. The topological polar surface area (TPSA) is 62.1 Å². The van der Waals surface area contributed by atoms with Gasteiger partial charge in [0.1, 0.15) is 11.7 Å². The van der Waals surface area contributed by atoms with E-state index in [1.807, 2.05) is 0 Å². The van der Waals surface area contributed by atoms with E-state index in [1.165, 1.54) is 0 Å². The fourth-order valence-electron chi connectivity index (χ4n) is 1.39. The molecule has 5 heteroatoms. The summed E-state index contributed by atoms with van der Waals surface area (Å²) in [6, 6.07) is 1.28.